The molecule has 0 aliphatic carbocycles. The number of benzene rings is 2. The van der Waals surface area contributed by atoms with E-state index in [0.717, 1.165) is 43.2 Å². The number of alkyl halides is 1. The monoisotopic (exact) mass is 385 g/mol. The zero-order valence-electron chi connectivity index (χ0n) is 15.1. The fourth-order valence-corrected chi connectivity index (χ4v) is 5.13. The second-order valence-electron chi connectivity index (χ2n) is 6.71. The first-order valence-electron chi connectivity index (χ1n) is 9.30. The molecule has 0 spiro atoms. The Hall–Kier alpha value is -1.58. The van der Waals surface area contributed by atoms with Gasteiger partial charge >= 0.3 is 0 Å². The van der Waals surface area contributed by atoms with Crippen molar-refractivity contribution in [3.63, 3.8) is 0 Å². The van der Waals surface area contributed by atoms with Gasteiger partial charge in [-0.05, 0) is 49.1 Å². The van der Waals surface area contributed by atoms with E-state index in [1.165, 1.54) is 39.0 Å². The Morgan fingerprint density at radius 3 is 2.85 bits per heavy atom. The molecule has 4 rings (SSSR count). The Bertz CT molecular complexity index is 918. The van der Waals surface area contributed by atoms with Gasteiger partial charge in [0.05, 0.1) is 12.8 Å². The molecule has 0 N–H and O–H groups in total. The SMILES string of the molecule is COc1ccc2c(c1)c1c(n2CCCCCCl)-c2ccccc2SCC1. The number of hydrogen-bond acceptors (Lipinski definition) is 2. The number of nitrogens with zero attached hydrogens (tertiary/aromatic N) is 1. The lowest BCUT2D eigenvalue weighted by atomic mass is 10.0. The van der Waals surface area contributed by atoms with Crippen LogP contribution in [0.4, 0.5) is 0 Å². The van der Waals surface area contributed by atoms with Gasteiger partial charge in [-0.1, -0.05) is 24.6 Å². The Kier molecular flexibility index (Phi) is 5.46. The van der Waals surface area contributed by atoms with Crippen molar-refractivity contribution in [3.05, 3.63) is 48.0 Å². The van der Waals surface area contributed by atoms with E-state index >= 15 is 0 Å². The molecule has 1 aliphatic heterocycles. The van der Waals surface area contributed by atoms with Gasteiger partial charge in [-0.25, -0.2) is 0 Å². The first kappa shape index (κ1) is 17.8. The Morgan fingerprint density at radius 1 is 1.12 bits per heavy atom. The zero-order chi connectivity index (χ0) is 17.9. The quantitative estimate of drug-likeness (QED) is 0.361. The van der Waals surface area contributed by atoms with Crippen LogP contribution in [0.1, 0.15) is 24.8 Å². The summed E-state index contributed by atoms with van der Waals surface area (Å²) >= 11 is 7.84. The van der Waals surface area contributed by atoms with Gasteiger partial charge < -0.3 is 9.30 Å². The van der Waals surface area contributed by atoms with Gasteiger partial charge in [0.1, 0.15) is 5.75 Å². The van der Waals surface area contributed by atoms with Crippen LogP contribution in [0.25, 0.3) is 22.2 Å². The van der Waals surface area contributed by atoms with Gasteiger partial charge in [0.2, 0.25) is 0 Å². The predicted molar refractivity (Wildman–Crippen MR) is 113 cm³/mol. The highest BCUT2D eigenvalue weighted by molar-refractivity contribution is 7.99. The Balaban J connectivity index is 1.89. The minimum absolute atomic E-state index is 0.751. The molecule has 0 unspecified atom stereocenters. The average molecular weight is 386 g/mol. The van der Waals surface area contributed by atoms with E-state index < -0.39 is 0 Å². The molecule has 0 saturated carbocycles. The van der Waals surface area contributed by atoms with Crippen LogP contribution in [0.15, 0.2) is 47.4 Å². The van der Waals surface area contributed by atoms with E-state index in [1.54, 1.807) is 7.11 Å². The highest BCUT2D eigenvalue weighted by atomic mass is 35.5. The Morgan fingerprint density at radius 2 is 2.00 bits per heavy atom. The number of aromatic nitrogens is 1. The van der Waals surface area contributed by atoms with Crippen molar-refractivity contribution in [2.45, 2.75) is 37.1 Å². The summed E-state index contributed by atoms with van der Waals surface area (Å²) in [5.41, 5.74) is 5.56. The number of unbranched alkanes of at least 4 members (excludes halogenated alkanes) is 2. The lowest BCUT2D eigenvalue weighted by molar-refractivity contribution is 0.415. The second-order valence-corrected chi connectivity index (χ2v) is 8.22. The predicted octanol–water partition coefficient (Wildman–Crippen LogP) is 6.37. The van der Waals surface area contributed by atoms with Crippen LogP contribution in [-0.4, -0.2) is 23.3 Å². The van der Waals surface area contributed by atoms with Crippen LogP contribution in [0.3, 0.4) is 0 Å². The minimum atomic E-state index is 0.751. The number of methoxy groups -OCH3 is 1. The summed E-state index contributed by atoms with van der Waals surface area (Å²) in [5.74, 6) is 2.80. The van der Waals surface area contributed by atoms with Crippen molar-refractivity contribution < 1.29 is 4.74 Å². The van der Waals surface area contributed by atoms with Crippen molar-refractivity contribution in [1.29, 1.82) is 0 Å². The molecule has 0 atom stereocenters. The Labute approximate surface area is 164 Å². The molecule has 2 heterocycles. The average Bonchev–Trinajstić information content (AvgIpc) is 2.85. The fourth-order valence-electron chi connectivity index (χ4n) is 3.92. The summed E-state index contributed by atoms with van der Waals surface area (Å²) in [7, 11) is 1.74. The summed E-state index contributed by atoms with van der Waals surface area (Å²) < 4.78 is 8.04. The maximum absolute atomic E-state index is 5.87. The van der Waals surface area contributed by atoms with Crippen LogP contribution in [0.5, 0.6) is 5.75 Å². The number of fused-ring (bicyclic) bond motifs is 5. The van der Waals surface area contributed by atoms with E-state index in [2.05, 4.69) is 47.0 Å². The first-order valence-corrected chi connectivity index (χ1v) is 10.8. The molecule has 0 saturated heterocycles. The molecule has 1 aromatic heterocycles. The highest BCUT2D eigenvalue weighted by Crippen LogP contribution is 2.43. The van der Waals surface area contributed by atoms with Gasteiger partial charge in [0.25, 0.3) is 0 Å². The van der Waals surface area contributed by atoms with Gasteiger partial charge in [-0.15, -0.1) is 23.4 Å². The second kappa shape index (κ2) is 7.98. The highest BCUT2D eigenvalue weighted by Gasteiger charge is 2.23. The number of rotatable bonds is 6. The molecule has 0 amide bonds. The first-order chi connectivity index (χ1) is 12.8. The van der Waals surface area contributed by atoms with Crippen LogP contribution in [0.2, 0.25) is 0 Å². The lowest BCUT2D eigenvalue weighted by Crippen LogP contribution is -2.02. The van der Waals surface area contributed by atoms with Crippen LogP contribution in [0, 0.1) is 0 Å². The third-order valence-corrected chi connectivity index (χ3v) is 6.49. The molecule has 0 radical (unpaired) electrons. The van der Waals surface area contributed by atoms with Crippen LogP contribution in [-0.2, 0) is 13.0 Å². The summed E-state index contributed by atoms with van der Waals surface area (Å²) in [6.45, 7) is 1.04. The van der Waals surface area contributed by atoms with Gasteiger partial charge in [-0.3, -0.25) is 0 Å². The maximum atomic E-state index is 5.87. The van der Waals surface area contributed by atoms with E-state index in [0.29, 0.717) is 0 Å². The third kappa shape index (κ3) is 3.23. The van der Waals surface area contributed by atoms with Crippen molar-refractivity contribution in [2.24, 2.45) is 0 Å². The van der Waals surface area contributed by atoms with Crippen LogP contribution >= 0.6 is 23.4 Å². The molecule has 3 aromatic rings. The summed E-state index contributed by atoms with van der Waals surface area (Å²) in [6, 6.07) is 15.3. The molecule has 0 fully saturated rings. The lowest BCUT2D eigenvalue weighted by Gasteiger charge is -2.13. The molecule has 26 heavy (non-hydrogen) atoms. The third-order valence-electron chi connectivity index (χ3n) is 5.14. The fraction of sp³-hybridized carbons (Fsp3) is 0.364. The summed E-state index contributed by atoms with van der Waals surface area (Å²) in [4.78, 5) is 1.39. The summed E-state index contributed by atoms with van der Waals surface area (Å²) in [5, 5.41) is 1.34. The molecule has 4 heteroatoms. The zero-order valence-corrected chi connectivity index (χ0v) is 16.7. The summed E-state index contributed by atoms with van der Waals surface area (Å²) in [6.07, 6.45) is 4.50. The largest absolute Gasteiger partial charge is 0.497 e. The van der Waals surface area contributed by atoms with Crippen molar-refractivity contribution in [2.75, 3.05) is 18.7 Å². The van der Waals surface area contributed by atoms with Crippen molar-refractivity contribution >= 4 is 34.3 Å². The smallest absolute Gasteiger partial charge is 0.119 e. The number of thioether (sulfide) groups is 1. The minimum Gasteiger partial charge on any atom is -0.497 e. The molecule has 1 aliphatic rings. The topological polar surface area (TPSA) is 14.2 Å². The molecular formula is C22H24ClNOS. The number of halogens is 1. The normalized spacial score (nSPS) is 13.3. The standard InChI is InChI=1S/C22H24ClNOS/c1-25-16-9-10-20-19(15-16)17-11-14-26-21-8-4-3-7-18(21)22(17)24(20)13-6-2-5-12-23/h3-4,7-10,15H,2,5-6,11-14H2,1H3. The maximum Gasteiger partial charge on any atom is 0.119 e. The molecule has 136 valence electrons. The molecule has 0 bridgehead atoms. The van der Waals surface area contributed by atoms with Gasteiger partial charge in [-0.2, -0.15) is 0 Å². The van der Waals surface area contributed by atoms with Gasteiger partial charge in [0.15, 0.2) is 0 Å². The van der Waals surface area contributed by atoms with E-state index in [1.807, 2.05) is 11.8 Å². The van der Waals surface area contributed by atoms with Crippen LogP contribution < -0.4 is 4.74 Å². The van der Waals surface area contributed by atoms with E-state index in [9.17, 15) is 0 Å². The molecule has 2 nitrogen and oxygen atoms in total. The number of aryl methyl sites for hydroxylation is 2. The number of ether oxygens (including phenoxy) is 1. The van der Waals surface area contributed by atoms with Crippen molar-refractivity contribution in [3.8, 4) is 17.0 Å². The molecular weight excluding hydrogens is 362 g/mol. The van der Waals surface area contributed by atoms with Crippen molar-refractivity contribution in [1.82, 2.24) is 4.57 Å². The number of hydrogen-bond donors (Lipinski definition) is 0. The van der Waals surface area contributed by atoms with E-state index in [-0.39, 0.29) is 0 Å². The van der Waals surface area contributed by atoms with Gasteiger partial charge in [0, 0.05) is 39.5 Å². The van der Waals surface area contributed by atoms with E-state index in [4.69, 9.17) is 16.3 Å². The molecule has 2 aromatic carbocycles.